The summed E-state index contributed by atoms with van der Waals surface area (Å²) in [6.07, 6.45) is 2.27. The average Bonchev–Trinajstić information content (AvgIpc) is 3.22. The van der Waals surface area contributed by atoms with Gasteiger partial charge in [0.15, 0.2) is 0 Å². The van der Waals surface area contributed by atoms with Crippen LogP contribution >= 0.6 is 0 Å². The molecule has 41 heavy (non-hydrogen) atoms. The summed E-state index contributed by atoms with van der Waals surface area (Å²) < 4.78 is 10.0. The lowest BCUT2D eigenvalue weighted by molar-refractivity contribution is -0.137. The predicted octanol–water partition coefficient (Wildman–Crippen LogP) is 3.41. The molecular formula is C31H36N2O8. The van der Waals surface area contributed by atoms with Crippen molar-refractivity contribution >= 4 is 29.6 Å². The minimum atomic E-state index is -1.07. The third-order valence-electron chi connectivity index (χ3n) is 7.95. The molecule has 0 bridgehead atoms. The number of aliphatic hydroxyl groups is 2. The maximum atomic E-state index is 13.2. The molecule has 0 unspecified atom stereocenters. The molecule has 0 radical (unpaired) electrons. The molecule has 4 rings (SSSR count). The van der Waals surface area contributed by atoms with Crippen molar-refractivity contribution < 1.29 is 39.2 Å². The lowest BCUT2D eigenvalue weighted by atomic mass is 9.68. The number of nitrogens with zero attached hydrogens (tertiary/aromatic N) is 2. The molecule has 10 nitrogen and oxygen atoms in total. The zero-order chi connectivity index (χ0) is 29.8. The van der Waals surface area contributed by atoms with Crippen molar-refractivity contribution in [2.75, 3.05) is 27.4 Å². The second-order valence-electron chi connectivity index (χ2n) is 10.5. The molecule has 1 aromatic carbocycles. The summed E-state index contributed by atoms with van der Waals surface area (Å²) in [5.41, 5.74) is 5.01. The fourth-order valence-electron chi connectivity index (χ4n) is 6.09. The van der Waals surface area contributed by atoms with Gasteiger partial charge in [-0.2, -0.15) is 4.90 Å². The first kappa shape index (κ1) is 30.1. The van der Waals surface area contributed by atoms with E-state index in [9.17, 15) is 29.7 Å². The normalized spacial score (nSPS) is 21.8. The van der Waals surface area contributed by atoms with Gasteiger partial charge in [-0.1, -0.05) is 6.07 Å². The largest absolute Gasteiger partial charge is 0.507 e. The fraction of sp³-hybridized carbons (Fsp3) is 0.419. The van der Waals surface area contributed by atoms with Gasteiger partial charge in [-0.25, -0.2) is 4.79 Å². The SMILES string of the molecule is COCC1=C([C@H](O)CC/C(=C/c2cc(C)c(O)c(C)c2)c2ccccn2)[C@H](CO)[C@@H]2C(=O)N(C(=O)OC)C(=O)[C@@H]2C1. The molecule has 1 aliphatic carbocycles. The number of carbonyl (C=O) groups is 3. The van der Waals surface area contributed by atoms with Gasteiger partial charge in [-0.05, 0) is 96.9 Å². The van der Waals surface area contributed by atoms with Crippen LogP contribution in [0.5, 0.6) is 5.75 Å². The molecule has 4 atom stereocenters. The van der Waals surface area contributed by atoms with Gasteiger partial charge >= 0.3 is 6.09 Å². The minimum absolute atomic E-state index is 0.0980. The van der Waals surface area contributed by atoms with Crippen LogP contribution in [0.1, 0.15) is 41.6 Å². The van der Waals surface area contributed by atoms with Crippen LogP contribution < -0.4 is 0 Å². The second-order valence-corrected chi connectivity index (χ2v) is 10.5. The number of fused-ring (bicyclic) bond motifs is 1. The monoisotopic (exact) mass is 564 g/mol. The standard InChI is InChI=1S/C31H36N2O8/c1-17-11-19(12-18(2)28(17)36)13-20(24-7-5-6-10-32-24)8-9-25(35)26-21(16-40-3)14-22-27(23(26)15-34)30(38)33(29(22)37)31(39)41-4/h5-7,10-13,22-23,25,27,34-36H,8-9,14-16H2,1-4H3/b20-13-/t22-,23+,25-,27-/m1/s1. The number of benzene rings is 1. The number of aryl methyl sites for hydroxylation is 2. The smallest absolute Gasteiger partial charge is 0.423 e. The Labute approximate surface area is 238 Å². The van der Waals surface area contributed by atoms with Crippen LogP contribution in [-0.4, -0.2) is 76.6 Å². The number of imide groups is 3. The Morgan fingerprint density at radius 3 is 2.46 bits per heavy atom. The van der Waals surface area contributed by atoms with E-state index in [4.69, 9.17) is 4.74 Å². The zero-order valence-electron chi connectivity index (χ0n) is 23.7. The fourth-order valence-corrected chi connectivity index (χ4v) is 6.09. The number of hydrogen-bond acceptors (Lipinski definition) is 9. The quantitative estimate of drug-likeness (QED) is 0.308. The first-order chi connectivity index (χ1) is 19.6. The van der Waals surface area contributed by atoms with Crippen LogP contribution in [0.15, 0.2) is 47.7 Å². The molecule has 2 heterocycles. The number of likely N-dealkylation sites (tertiary alicyclic amines) is 1. The van der Waals surface area contributed by atoms with Crippen molar-refractivity contribution in [2.24, 2.45) is 17.8 Å². The summed E-state index contributed by atoms with van der Waals surface area (Å²) in [6, 6.07) is 9.31. The number of ether oxygens (including phenoxy) is 2. The number of aliphatic hydroxyl groups excluding tert-OH is 2. The van der Waals surface area contributed by atoms with Crippen molar-refractivity contribution in [1.82, 2.24) is 9.88 Å². The Morgan fingerprint density at radius 1 is 1.17 bits per heavy atom. The molecule has 1 aliphatic heterocycles. The van der Waals surface area contributed by atoms with Gasteiger partial charge in [0.2, 0.25) is 11.8 Å². The first-order valence-electron chi connectivity index (χ1n) is 13.5. The molecule has 3 N–H and O–H groups in total. The van der Waals surface area contributed by atoms with Gasteiger partial charge in [0.1, 0.15) is 5.75 Å². The number of allylic oxidation sites excluding steroid dienone is 1. The van der Waals surface area contributed by atoms with Crippen LogP contribution in [-0.2, 0) is 19.1 Å². The molecule has 3 amide bonds. The molecule has 1 fully saturated rings. The number of aromatic hydroxyl groups is 1. The third kappa shape index (κ3) is 5.95. The molecular weight excluding hydrogens is 528 g/mol. The van der Waals surface area contributed by atoms with E-state index in [0.29, 0.717) is 22.5 Å². The summed E-state index contributed by atoms with van der Waals surface area (Å²) >= 11 is 0. The summed E-state index contributed by atoms with van der Waals surface area (Å²) in [4.78, 5) is 43.4. The highest BCUT2D eigenvalue weighted by Crippen LogP contribution is 2.46. The van der Waals surface area contributed by atoms with Gasteiger partial charge in [-0.15, -0.1) is 0 Å². The maximum absolute atomic E-state index is 13.2. The Morgan fingerprint density at radius 2 is 1.88 bits per heavy atom. The van der Waals surface area contributed by atoms with Gasteiger partial charge in [0, 0.05) is 19.2 Å². The molecule has 218 valence electrons. The Bertz CT molecular complexity index is 1360. The number of pyridine rings is 1. The number of phenolic OH excluding ortho intramolecular Hbond substituents is 1. The van der Waals surface area contributed by atoms with Crippen LogP contribution in [0.2, 0.25) is 0 Å². The lowest BCUT2D eigenvalue weighted by Gasteiger charge is -2.36. The molecule has 0 saturated carbocycles. The average molecular weight is 565 g/mol. The maximum Gasteiger partial charge on any atom is 0.423 e. The Balaban J connectivity index is 1.67. The van der Waals surface area contributed by atoms with Crippen LogP contribution in [0.4, 0.5) is 4.79 Å². The van der Waals surface area contributed by atoms with E-state index in [0.717, 1.165) is 35.1 Å². The van der Waals surface area contributed by atoms with Crippen molar-refractivity contribution in [3.8, 4) is 5.75 Å². The number of phenols is 1. The van der Waals surface area contributed by atoms with E-state index in [2.05, 4.69) is 9.72 Å². The van der Waals surface area contributed by atoms with Crippen LogP contribution in [0.25, 0.3) is 11.6 Å². The van der Waals surface area contributed by atoms with Gasteiger partial charge in [0.25, 0.3) is 0 Å². The third-order valence-corrected chi connectivity index (χ3v) is 7.95. The van der Waals surface area contributed by atoms with E-state index < -0.39 is 48.4 Å². The van der Waals surface area contributed by atoms with Crippen molar-refractivity contribution in [3.05, 3.63) is 70.1 Å². The van der Waals surface area contributed by atoms with Crippen LogP contribution in [0, 0.1) is 31.6 Å². The molecule has 10 heteroatoms. The van der Waals surface area contributed by atoms with Crippen LogP contribution in [0.3, 0.4) is 0 Å². The van der Waals surface area contributed by atoms with E-state index in [1.807, 2.05) is 50.3 Å². The first-order valence-corrected chi connectivity index (χ1v) is 13.5. The lowest BCUT2D eigenvalue weighted by Crippen LogP contribution is -2.40. The topological polar surface area (TPSA) is 146 Å². The second kappa shape index (κ2) is 12.8. The zero-order valence-corrected chi connectivity index (χ0v) is 23.7. The summed E-state index contributed by atoms with van der Waals surface area (Å²) in [5.74, 6) is -3.89. The number of aromatic nitrogens is 1. The van der Waals surface area contributed by atoms with E-state index in [1.54, 1.807) is 6.20 Å². The van der Waals surface area contributed by atoms with E-state index in [-0.39, 0.29) is 25.2 Å². The highest BCUT2D eigenvalue weighted by Gasteiger charge is 2.57. The number of amides is 3. The molecule has 1 saturated heterocycles. The van der Waals surface area contributed by atoms with E-state index in [1.165, 1.54) is 7.11 Å². The predicted molar refractivity (Wildman–Crippen MR) is 150 cm³/mol. The molecule has 0 spiro atoms. The van der Waals surface area contributed by atoms with Crippen molar-refractivity contribution in [1.29, 1.82) is 0 Å². The van der Waals surface area contributed by atoms with Gasteiger partial charge in [0.05, 0.1) is 44.0 Å². The van der Waals surface area contributed by atoms with Crippen molar-refractivity contribution in [2.45, 2.75) is 39.2 Å². The minimum Gasteiger partial charge on any atom is -0.507 e. The number of carbonyl (C=O) groups excluding carboxylic acids is 3. The van der Waals surface area contributed by atoms with Gasteiger partial charge in [-0.3, -0.25) is 14.6 Å². The summed E-state index contributed by atoms with van der Waals surface area (Å²) in [7, 11) is 2.58. The number of methoxy groups -OCH3 is 2. The highest BCUT2D eigenvalue weighted by molar-refractivity contribution is 6.16. The highest BCUT2D eigenvalue weighted by atomic mass is 16.5. The summed E-state index contributed by atoms with van der Waals surface area (Å²) in [5, 5.41) is 32.2. The molecule has 1 aromatic heterocycles. The molecule has 2 aliphatic rings. The Kier molecular flexibility index (Phi) is 9.37. The van der Waals surface area contributed by atoms with Crippen molar-refractivity contribution in [3.63, 3.8) is 0 Å². The molecule has 2 aromatic rings. The number of rotatable bonds is 9. The Hall–Kier alpha value is -3.86. The number of hydrogen-bond donors (Lipinski definition) is 3. The van der Waals surface area contributed by atoms with Gasteiger partial charge < -0.3 is 24.8 Å². The summed E-state index contributed by atoms with van der Waals surface area (Å²) in [6.45, 7) is 3.26. The van der Waals surface area contributed by atoms with E-state index >= 15 is 0 Å².